The van der Waals surface area contributed by atoms with E-state index in [2.05, 4.69) is 15.9 Å². The van der Waals surface area contributed by atoms with E-state index in [1.165, 1.54) is 6.07 Å². The van der Waals surface area contributed by atoms with Crippen LogP contribution in [0.3, 0.4) is 0 Å². The van der Waals surface area contributed by atoms with E-state index in [0.29, 0.717) is 4.47 Å². The highest BCUT2D eigenvalue weighted by atomic mass is 79.9. The molecule has 0 amide bonds. The average molecular weight is 270 g/mol. The quantitative estimate of drug-likeness (QED) is 0.785. The van der Waals surface area contributed by atoms with Crippen molar-refractivity contribution in [2.75, 3.05) is 6.26 Å². The molecule has 0 heterocycles. The van der Waals surface area contributed by atoms with Gasteiger partial charge in [0.05, 0.1) is 9.92 Å². The molecule has 0 bridgehead atoms. The maximum atomic E-state index is 11.1. The van der Waals surface area contributed by atoms with Crippen LogP contribution in [0, 0.1) is 0 Å². The minimum Gasteiger partial charge on any atom is -0.224 e. The zero-order chi connectivity index (χ0) is 9.35. The van der Waals surface area contributed by atoms with Gasteiger partial charge in [0.1, 0.15) is 0 Å². The molecule has 12 heavy (non-hydrogen) atoms. The molecule has 1 rings (SSSR count). The molecule has 0 fully saturated rings. The second kappa shape index (κ2) is 3.36. The molecule has 0 aromatic heterocycles. The van der Waals surface area contributed by atoms with Crippen LogP contribution >= 0.6 is 27.5 Å². The van der Waals surface area contributed by atoms with Crippen molar-refractivity contribution in [1.29, 1.82) is 0 Å². The lowest BCUT2D eigenvalue weighted by Gasteiger charge is -2.01. The SMILES string of the molecule is CS(=O)(=O)c1cccc(Br)c1Cl. The number of hydrogen-bond acceptors (Lipinski definition) is 2. The Morgan fingerprint density at radius 2 is 2.00 bits per heavy atom. The van der Waals surface area contributed by atoms with E-state index in [4.69, 9.17) is 11.6 Å². The van der Waals surface area contributed by atoms with Gasteiger partial charge in [-0.25, -0.2) is 8.42 Å². The third-order valence-corrected chi connectivity index (χ3v) is 3.86. The third kappa shape index (κ3) is 2.00. The molecule has 0 saturated carbocycles. The van der Waals surface area contributed by atoms with Gasteiger partial charge in [0.15, 0.2) is 9.84 Å². The van der Waals surface area contributed by atoms with Crippen LogP contribution in [0.25, 0.3) is 0 Å². The molecule has 1 aromatic rings. The van der Waals surface area contributed by atoms with Crippen LogP contribution in [0.1, 0.15) is 0 Å². The zero-order valence-corrected chi connectivity index (χ0v) is 9.37. The lowest BCUT2D eigenvalue weighted by atomic mass is 10.4. The van der Waals surface area contributed by atoms with Gasteiger partial charge in [-0.05, 0) is 28.1 Å². The van der Waals surface area contributed by atoms with Gasteiger partial charge in [-0.15, -0.1) is 0 Å². The summed E-state index contributed by atoms with van der Waals surface area (Å²) in [5.74, 6) is 0. The molecule has 0 unspecified atom stereocenters. The van der Waals surface area contributed by atoms with Gasteiger partial charge in [0.2, 0.25) is 0 Å². The molecule has 0 aliphatic heterocycles. The summed E-state index contributed by atoms with van der Waals surface area (Å²) < 4.78 is 22.8. The van der Waals surface area contributed by atoms with E-state index in [9.17, 15) is 8.42 Å². The first kappa shape index (κ1) is 10.0. The van der Waals surface area contributed by atoms with Crippen molar-refractivity contribution >= 4 is 37.4 Å². The van der Waals surface area contributed by atoms with Crippen LogP contribution in [0.5, 0.6) is 0 Å². The predicted octanol–water partition coefficient (Wildman–Crippen LogP) is 2.51. The first-order chi connectivity index (χ1) is 5.43. The van der Waals surface area contributed by atoms with Crippen molar-refractivity contribution in [2.24, 2.45) is 0 Å². The van der Waals surface area contributed by atoms with Crippen molar-refractivity contribution < 1.29 is 8.42 Å². The largest absolute Gasteiger partial charge is 0.224 e. The Morgan fingerprint density at radius 1 is 1.42 bits per heavy atom. The van der Waals surface area contributed by atoms with Crippen LogP contribution in [-0.2, 0) is 9.84 Å². The molecule has 0 radical (unpaired) electrons. The fourth-order valence-electron chi connectivity index (χ4n) is 0.770. The van der Waals surface area contributed by atoms with Gasteiger partial charge in [-0.2, -0.15) is 0 Å². The molecule has 1 aromatic carbocycles. The summed E-state index contributed by atoms with van der Waals surface area (Å²) in [6, 6.07) is 4.80. The van der Waals surface area contributed by atoms with E-state index in [0.717, 1.165) is 6.26 Å². The van der Waals surface area contributed by atoms with E-state index in [1.807, 2.05) is 0 Å². The topological polar surface area (TPSA) is 34.1 Å². The lowest BCUT2D eigenvalue weighted by Crippen LogP contribution is -1.97. The Hall–Kier alpha value is -0.0600. The van der Waals surface area contributed by atoms with Crippen LogP contribution in [0.15, 0.2) is 27.6 Å². The van der Waals surface area contributed by atoms with Gasteiger partial charge < -0.3 is 0 Å². The summed E-state index contributed by atoms with van der Waals surface area (Å²) in [5.41, 5.74) is 0. The molecule has 0 atom stereocenters. The summed E-state index contributed by atoms with van der Waals surface area (Å²) in [4.78, 5) is 0.151. The van der Waals surface area contributed by atoms with Gasteiger partial charge in [-0.1, -0.05) is 17.7 Å². The van der Waals surface area contributed by atoms with Gasteiger partial charge in [0.25, 0.3) is 0 Å². The van der Waals surface area contributed by atoms with Crippen molar-refractivity contribution in [2.45, 2.75) is 4.90 Å². The Morgan fingerprint density at radius 3 is 2.42 bits per heavy atom. The average Bonchev–Trinajstić information content (AvgIpc) is 1.92. The highest BCUT2D eigenvalue weighted by Gasteiger charge is 2.13. The number of benzene rings is 1. The minimum atomic E-state index is -3.22. The Kier molecular flexibility index (Phi) is 2.81. The molecule has 66 valence electrons. The van der Waals surface area contributed by atoms with Gasteiger partial charge in [-0.3, -0.25) is 0 Å². The number of rotatable bonds is 1. The summed E-state index contributed by atoms with van der Waals surface area (Å²) in [6.45, 7) is 0. The third-order valence-electron chi connectivity index (χ3n) is 1.32. The van der Waals surface area contributed by atoms with Crippen LogP contribution in [-0.4, -0.2) is 14.7 Å². The Balaban J connectivity index is 3.47. The molecular weight excluding hydrogens is 263 g/mol. The standard InChI is InChI=1S/C7H6BrClO2S/c1-12(10,11)6-4-2-3-5(8)7(6)9/h2-4H,1H3. The molecule has 0 aliphatic rings. The number of sulfone groups is 1. The molecule has 5 heteroatoms. The lowest BCUT2D eigenvalue weighted by molar-refractivity contribution is 0.602. The van der Waals surface area contributed by atoms with E-state index in [-0.39, 0.29) is 9.92 Å². The first-order valence-electron chi connectivity index (χ1n) is 3.07. The Bertz CT molecular complexity index is 400. The van der Waals surface area contributed by atoms with Crippen LogP contribution in [0.2, 0.25) is 5.02 Å². The maximum Gasteiger partial charge on any atom is 0.177 e. The highest BCUT2D eigenvalue weighted by molar-refractivity contribution is 9.10. The van der Waals surface area contributed by atoms with Gasteiger partial charge >= 0.3 is 0 Å². The maximum absolute atomic E-state index is 11.1. The number of halogens is 2. The van der Waals surface area contributed by atoms with Crippen LogP contribution < -0.4 is 0 Å². The highest BCUT2D eigenvalue weighted by Crippen LogP contribution is 2.28. The second-order valence-electron chi connectivity index (χ2n) is 2.32. The molecule has 0 N–H and O–H groups in total. The van der Waals surface area contributed by atoms with Crippen molar-refractivity contribution in [3.63, 3.8) is 0 Å². The summed E-state index contributed by atoms with van der Waals surface area (Å²) in [6.07, 6.45) is 1.13. The summed E-state index contributed by atoms with van der Waals surface area (Å²) >= 11 is 8.89. The van der Waals surface area contributed by atoms with Crippen LogP contribution in [0.4, 0.5) is 0 Å². The van der Waals surface area contributed by atoms with E-state index < -0.39 is 9.84 Å². The normalized spacial score (nSPS) is 11.6. The van der Waals surface area contributed by atoms with Crippen molar-refractivity contribution in [1.82, 2.24) is 0 Å². The minimum absolute atomic E-state index is 0.151. The number of hydrogen-bond donors (Lipinski definition) is 0. The second-order valence-corrected chi connectivity index (χ2v) is 5.54. The van der Waals surface area contributed by atoms with Gasteiger partial charge in [0, 0.05) is 10.7 Å². The van der Waals surface area contributed by atoms with Crippen molar-refractivity contribution in [3.8, 4) is 0 Å². The fourth-order valence-corrected chi connectivity index (χ4v) is 2.58. The summed E-state index contributed by atoms with van der Waals surface area (Å²) in [5, 5.41) is 0.236. The summed E-state index contributed by atoms with van der Waals surface area (Å²) in [7, 11) is -3.22. The Labute approximate surface area is 84.6 Å². The predicted molar refractivity (Wildman–Crippen MR) is 52.3 cm³/mol. The molecular formula is C7H6BrClO2S. The monoisotopic (exact) mass is 268 g/mol. The van der Waals surface area contributed by atoms with E-state index >= 15 is 0 Å². The molecule has 0 saturated heterocycles. The zero-order valence-electron chi connectivity index (χ0n) is 6.21. The molecule has 0 spiro atoms. The molecule has 0 aliphatic carbocycles. The first-order valence-corrected chi connectivity index (χ1v) is 6.13. The smallest absolute Gasteiger partial charge is 0.177 e. The van der Waals surface area contributed by atoms with Crippen molar-refractivity contribution in [3.05, 3.63) is 27.7 Å². The fraction of sp³-hybridized carbons (Fsp3) is 0.143. The molecule has 2 nitrogen and oxygen atoms in total. The van der Waals surface area contributed by atoms with E-state index in [1.54, 1.807) is 12.1 Å².